The zero-order valence-corrected chi connectivity index (χ0v) is 28.9. The highest BCUT2D eigenvalue weighted by Gasteiger charge is 2.35. The lowest BCUT2D eigenvalue weighted by molar-refractivity contribution is -0.140. The summed E-state index contributed by atoms with van der Waals surface area (Å²) < 4.78 is 40.4. The van der Waals surface area contributed by atoms with E-state index in [0.29, 0.717) is 27.9 Å². The fourth-order valence-corrected chi connectivity index (χ4v) is 6.97. The van der Waals surface area contributed by atoms with E-state index in [4.69, 9.17) is 32.7 Å². The van der Waals surface area contributed by atoms with Gasteiger partial charge in [-0.05, 0) is 55.8 Å². The molecule has 0 unspecified atom stereocenters. The van der Waals surface area contributed by atoms with Crippen molar-refractivity contribution in [2.24, 2.45) is 0 Å². The van der Waals surface area contributed by atoms with E-state index < -0.39 is 34.4 Å². The molecular weight excluding hydrogens is 661 g/mol. The Labute approximate surface area is 286 Å². The van der Waals surface area contributed by atoms with Crippen LogP contribution in [0, 0.1) is 6.92 Å². The van der Waals surface area contributed by atoms with Gasteiger partial charge in [0.05, 0.1) is 24.8 Å². The van der Waals surface area contributed by atoms with Crippen LogP contribution in [0.5, 0.6) is 11.5 Å². The van der Waals surface area contributed by atoms with Gasteiger partial charge >= 0.3 is 0 Å². The van der Waals surface area contributed by atoms with Gasteiger partial charge in [-0.1, -0.05) is 77.3 Å². The Hall–Kier alpha value is -4.25. The van der Waals surface area contributed by atoms with Gasteiger partial charge in [0.25, 0.3) is 10.0 Å². The first kappa shape index (κ1) is 35.6. The van der Waals surface area contributed by atoms with Crippen molar-refractivity contribution < 1.29 is 27.5 Å². The van der Waals surface area contributed by atoms with E-state index in [2.05, 4.69) is 5.32 Å². The molecule has 4 aromatic rings. The number of anilines is 1. The number of nitrogens with zero attached hydrogens (tertiary/aromatic N) is 2. The van der Waals surface area contributed by atoms with Gasteiger partial charge in [0, 0.05) is 41.2 Å². The Bertz CT molecular complexity index is 1780. The van der Waals surface area contributed by atoms with Crippen LogP contribution in [-0.2, 0) is 32.6 Å². The Balaban J connectivity index is 1.87. The fraction of sp³-hybridized carbons (Fsp3) is 0.257. The van der Waals surface area contributed by atoms with E-state index in [9.17, 15) is 18.0 Å². The molecule has 0 aromatic heterocycles. The number of halogens is 2. The second-order valence-corrected chi connectivity index (χ2v) is 13.4. The van der Waals surface area contributed by atoms with Crippen molar-refractivity contribution in [3.8, 4) is 11.5 Å². The average molecular weight is 699 g/mol. The van der Waals surface area contributed by atoms with Crippen LogP contribution in [-0.4, -0.2) is 58.5 Å². The van der Waals surface area contributed by atoms with Crippen molar-refractivity contribution in [2.75, 3.05) is 31.6 Å². The maximum Gasteiger partial charge on any atom is 0.264 e. The predicted molar refractivity (Wildman–Crippen MR) is 185 cm³/mol. The molecule has 4 aromatic carbocycles. The lowest BCUT2D eigenvalue weighted by atomic mass is 10.0. The predicted octanol–water partition coefficient (Wildman–Crippen LogP) is 6.29. The number of aryl methyl sites for hydroxylation is 1. The minimum Gasteiger partial charge on any atom is -0.493 e. The van der Waals surface area contributed by atoms with Crippen LogP contribution in [0.3, 0.4) is 0 Å². The molecule has 12 heteroatoms. The van der Waals surface area contributed by atoms with Crippen molar-refractivity contribution in [2.45, 2.75) is 37.8 Å². The van der Waals surface area contributed by atoms with Gasteiger partial charge in [-0.25, -0.2) is 8.42 Å². The summed E-state index contributed by atoms with van der Waals surface area (Å²) in [5.74, 6) is -0.416. The lowest BCUT2D eigenvalue weighted by Gasteiger charge is -2.34. The molecule has 0 saturated heterocycles. The summed E-state index contributed by atoms with van der Waals surface area (Å²) in [6, 6.07) is 24.1. The van der Waals surface area contributed by atoms with Crippen LogP contribution >= 0.6 is 23.2 Å². The highest BCUT2D eigenvalue weighted by atomic mass is 35.5. The number of hydrogen-bond donors (Lipinski definition) is 1. The molecule has 2 amide bonds. The Morgan fingerprint density at radius 1 is 0.851 bits per heavy atom. The lowest BCUT2D eigenvalue weighted by Crippen LogP contribution is -2.53. The number of rotatable bonds is 14. The summed E-state index contributed by atoms with van der Waals surface area (Å²) in [6.07, 6.45) is 0.154. The maximum atomic E-state index is 14.6. The van der Waals surface area contributed by atoms with Crippen molar-refractivity contribution in [3.63, 3.8) is 0 Å². The standard InChI is InChI=1S/C35H37Cl2N3O6S/c1-5-38-35(42)31(20-25-10-7-6-8-11-25)39(22-28-29(36)12-9-13-30(28)37)34(41)23-40(26-16-19-32(45-3)33(21-26)46-4)47(43,44)27-17-14-24(2)15-18-27/h6-19,21,31H,5,20,22-23H2,1-4H3,(H,38,42)/t31-/m1/s1. The molecule has 248 valence electrons. The number of amides is 2. The molecule has 9 nitrogen and oxygen atoms in total. The summed E-state index contributed by atoms with van der Waals surface area (Å²) in [7, 11) is -1.41. The van der Waals surface area contributed by atoms with Crippen molar-refractivity contribution in [3.05, 3.63) is 118 Å². The number of methoxy groups -OCH3 is 2. The molecule has 47 heavy (non-hydrogen) atoms. The van der Waals surface area contributed by atoms with Gasteiger partial charge in [-0.15, -0.1) is 0 Å². The molecule has 0 spiro atoms. The number of carbonyl (C=O) groups is 2. The summed E-state index contributed by atoms with van der Waals surface area (Å²) in [6.45, 7) is 3.13. The second kappa shape index (κ2) is 16.0. The molecule has 0 radical (unpaired) electrons. The van der Waals surface area contributed by atoms with E-state index in [1.165, 1.54) is 43.4 Å². The van der Waals surface area contributed by atoms with E-state index in [1.54, 1.807) is 43.3 Å². The van der Waals surface area contributed by atoms with E-state index in [0.717, 1.165) is 15.4 Å². The minimum atomic E-state index is -4.31. The first-order valence-electron chi connectivity index (χ1n) is 14.9. The second-order valence-electron chi connectivity index (χ2n) is 10.7. The molecule has 0 heterocycles. The van der Waals surface area contributed by atoms with Crippen LogP contribution in [0.15, 0.2) is 95.9 Å². The number of ether oxygens (including phenoxy) is 2. The van der Waals surface area contributed by atoms with Crippen LogP contribution in [0.4, 0.5) is 5.69 Å². The van der Waals surface area contributed by atoms with Gasteiger partial charge in [-0.3, -0.25) is 13.9 Å². The van der Waals surface area contributed by atoms with Gasteiger partial charge < -0.3 is 19.7 Å². The number of benzene rings is 4. The normalized spacial score (nSPS) is 11.8. The molecular formula is C35H37Cl2N3O6S. The smallest absolute Gasteiger partial charge is 0.264 e. The number of sulfonamides is 1. The maximum absolute atomic E-state index is 14.6. The molecule has 4 rings (SSSR count). The zero-order chi connectivity index (χ0) is 34.1. The number of carbonyl (C=O) groups excluding carboxylic acids is 2. The molecule has 1 N–H and O–H groups in total. The Morgan fingerprint density at radius 3 is 2.09 bits per heavy atom. The van der Waals surface area contributed by atoms with Crippen molar-refractivity contribution in [1.82, 2.24) is 10.2 Å². The molecule has 0 aliphatic carbocycles. The molecule has 0 bridgehead atoms. The summed E-state index contributed by atoms with van der Waals surface area (Å²) >= 11 is 13.1. The minimum absolute atomic E-state index is 0.0176. The monoisotopic (exact) mass is 697 g/mol. The summed E-state index contributed by atoms with van der Waals surface area (Å²) in [5, 5.41) is 3.43. The first-order valence-corrected chi connectivity index (χ1v) is 17.0. The van der Waals surface area contributed by atoms with Crippen molar-refractivity contribution in [1.29, 1.82) is 0 Å². The molecule has 0 fully saturated rings. The van der Waals surface area contributed by atoms with E-state index in [1.807, 2.05) is 37.3 Å². The fourth-order valence-electron chi connectivity index (χ4n) is 5.05. The highest BCUT2D eigenvalue weighted by Crippen LogP contribution is 2.34. The SMILES string of the molecule is CCNC(=O)[C@@H](Cc1ccccc1)N(Cc1c(Cl)cccc1Cl)C(=O)CN(c1ccc(OC)c(OC)c1)S(=O)(=O)c1ccc(C)cc1. The first-order chi connectivity index (χ1) is 22.5. The molecule has 0 saturated carbocycles. The largest absolute Gasteiger partial charge is 0.493 e. The topological polar surface area (TPSA) is 105 Å². The third kappa shape index (κ3) is 8.57. The van der Waals surface area contributed by atoms with E-state index >= 15 is 0 Å². The number of likely N-dealkylation sites (N-methyl/N-ethyl adjacent to an activating group) is 1. The summed E-state index contributed by atoms with van der Waals surface area (Å²) in [5.41, 5.74) is 2.25. The van der Waals surface area contributed by atoms with Crippen LogP contribution in [0.1, 0.15) is 23.6 Å². The van der Waals surface area contributed by atoms with Gasteiger partial charge in [-0.2, -0.15) is 0 Å². The number of nitrogens with one attached hydrogen (secondary N) is 1. The number of hydrogen-bond acceptors (Lipinski definition) is 6. The highest BCUT2D eigenvalue weighted by molar-refractivity contribution is 7.92. The van der Waals surface area contributed by atoms with Crippen LogP contribution in [0.2, 0.25) is 10.0 Å². The summed E-state index contributed by atoms with van der Waals surface area (Å²) in [4.78, 5) is 29.6. The Kier molecular flexibility index (Phi) is 12.1. The average Bonchev–Trinajstić information content (AvgIpc) is 3.06. The van der Waals surface area contributed by atoms with Gasteiger partial charge in [0.1, 0.15) is 12.6 Å². The molecule has 0 aliphatic heterocycles. The molecule has 1 atom stereocenters. The Morgan fingerprint density at radius 2 is 1.49 bits per heavy atom. The van der Waals surface area contributed by atoms with Gasteiger partial charge in [0.15, 0.2) is 11.5 Å². The van der Waals surface area contributed by atoms with E-state index in [-0.39, 0.29) is 29.3 Å². The third-order valence-corrected chi connectivity index (χ3v) is 10.1. The van der Waals surface area contributed by atoms with Gasteiger partial charge in [0.2, 0.25) is 11.8 Å². The van der Waals surface area contributed by atoms with Crippen LogP contribution < -0.4 is 19.1 Å². The van der Waals surface area contributed by atoms with Crippen molar-refractivity contribution >= 4 is 50.7 Å². The quantitative estimate of drug-likeness (QED) is 0.166. The third-order valence-electron chi connectivity index (χ3n) is 7.56. The molecule has 0 aliphatic rings. The zero-order valence-electron chi connectivity index (χ0n) is 26.6. The van der Waals surface area contributed by atoms with Crippen LogP contribution in [0.25, 0.3) is 0 Å².